The fraction of sp³-hybridized carbons (Fsp3) is 0.353. The smallest absolute Gasteiger partial charge is 0.290 e. The molecule has 0 bridgehead atoms. The second-order valence-corrected chi connectivity index (χ2v) is 7.35. The zero-order chi connectivity index (χ0) is 17.6. The molecule has 2 atom stereocenters. The maximum atomic E-state index is 12.5. The van der Waals surface area contributed by atoms with E-state index in [4.69, 9.17) is 10.8 Å². The molecule has 8 heteroatoms. The minimum Gasteiger partial charge on any atom is -0.393 e. The Kier molecular flexibility index (Phi) is 4.09. The number of H-pyrrole nitrogens is 1. The molecule has 1 aliphatic carbocycles. The summed E-state index contributed by atoms with van der Waals surface area (Å²) < 4.78 is 2.69. The lowest BCUT2D eigenvalue weighted by molar-refractivity contribution is 0.101. The van der Waals surface area contributed by atoms with Gasteiger partial charge in [-0.2, -0.15) is 10.2 Å². The van der Waals surface area contributed by atoms with Crippen molar-refractivity contribution < 1.29 is 5.11 Å². The average Bonchev–Trinajstić information content (AvgIpc) is 3.01. The molecular weight excluding hydrogens is 386 g/mol. The highest BCUT2D eigenvalue weighted by Gasteiger charge is 2.27. The number of aliphatic hydroxyl groups excluding tert-OH is 1. The highest BCUT2D eigenvalue weighted by Crippen LogP contribution is 2.35. The Morgan fingerprint density at radius 3 is 2.76 bits per heavy atom. The summed E-state index contributed by atoms with van der Waals surface area (Å²) in [5.74, 6) is 0.245. The molecule has 4 N–H and O–H groups in total. The first-order valence-electron chi connectivity index (χ1n) is 8.25. The lowest BCUT2D eigenvalue weighted by atomic mass is 9.93. The van der Waals surface area contributed by atoms with Gasteiger partial charge in [0.25, 0.3) is 5.56 Å². The number of benzene rings is 1. The van der Waals surface area contributed by atoms with E-state index in [0.29, 0.717) is 23.0 Å². The van der Waals surface area contributed by atoms with Gasteiger partial charge in [-0.1, -0.05) is 28.1 Å². The van der Waals surface area contributed by atoms with Gasteiger partial charge in [-0.3, -0.25) is 9.48 Å². The summed E-state index contributed by atoms with van der Waals surface area (Å²) in [6.07, 6.45) is 2.77. The Morgan fingerprint density at radius 2 is 2.04 bits per heavy atom. The summed E-state index contributed by atoms with van der Waals surface area (Å²) in [6, 6.07) is 7.65. The lowest BCUT2D eigenvalue weighted by Gasteiger charge is -2.26. The molecule has 2 aromatic heterocycles. The van der Waals surface area contributed by atoms with Crippen molar-refractivity contribution in [3.05, 3.63) is 39.1 Å². The number of fused-ring (bicyclic) bond motifs is 1. The first kappa shape index (κ1) is 16.3. The second-order valence-electron chi connectivity index (χ2n) is 6.44. The van der Waals surface area contributed by atoms with E-state index in [1.54, 1.807) is 4.68 Å². The molecule has 0 spiro atoms. The number of hydrogen-bond acceptors (Lipinski definition) is 5. The van der Waals surface area contributed by atoms with Crippen molar-refractivity contribution in [3.8, 4) is 11.3 Å². The number of halogens is 1. The third kappa shape index (κ3) is 2.85. The summed E-state index contributed by atoms with van der Waals surface area (Å²) in [7, 11) is 0. The molecule has 7 nitrogen and oxygen atoms in total. The number of nitrogens with one attached hydrogen (secondary N) is 1. The number of aliphatic hydroxyl groups is 1. The fourth-order valence-corrected chi connectivity index (χ4v) is 3.81. The van der Waals surface area contributed by atoms with Gasteiger partial charge in [-0.25, -0.2) is 5.10 Å². The van der Waals surface area contributed by atoms with Crippen LogP contribution in [0.2, 0.25) is 0 Å². The standard InChI is InChI=1S/C17H18BrN5O2/c18-10-6-4-9(5-7-10)14-13-15(17(25)21-20-16(13)19)23(22-14)11-2-1-3-12(24)8-11/h4-7,11-12,24H,1-3,8H2,(H2,19,20)(H,21,25). The van der Waals surface area contributed by atoms with E-state index >= 15 is 0 Å². The van der Waals surface area contributed by atoms with Gasteiger partial charge in [0.05, 0.1) is 17.5 Å². The monoisotopic (exact) mass is 403 g/mol. The van der Waals surface area contributed by atoms with E-state index in [2.05, 4.69) is 26.1 Å². The number of nitrogens with zero attached hydrogens (tertiary/aromatic N) is 3. The molecule has 2 heterocycles. The largest absolute Gasteiger partial charge is 0.393 e. The Hall–Kier alpha value is -2.19. The van der Waals surface area contributed by atoms with Crippen LogP contribution in [0.5, 0.6) is 0 Å². The lowest BCUT2D eigenvalue weighted by Crippen LogP contribution is -2.25. The molecule has 1 aliphatic rings. The van der Waals surface area contributed by atoms with Gasteiger partial charge < -0.3 is 10.8 Å². The van der Waals surface area contributed by atoms with Gasteiger partial charge in [-0.15, -0.1) is 0 Å². The molecule has 130 valence electrons. The number of rotatable bonds is 2. The van der Waals surface area contributed by atoms with Crippen LogP contribution in [0.25, 0.3) is 22.2 Å². The van der Waals surface area contributed by atoms with Gasteiger partial charge in [0.1, 0.15) is 11.2 Å². The zero-order valence-corrected chi connectivity index (χ0v) is 15.0. The highest BCUT2D eigenvalue weighted by molar-refractivity contribution is 9.10. The van der Waals surface area contributed by atoms with Gasteiger partial charge in [0, 0.05) is 10.0 Å². The van der Waals surface area contributed by atoms with E-state index in [9.17, 15) is 9.90 Å². The van der Waals surface area contributed by atoms with Crippen LogP contribution in [0.15, 0.2) is 33.5 Å². The van der Waals surface area contributed by atoms with Crippen molar-refractivity contribution in [2.45, 2.75) is 37.8 Å². The Balaban J connectivity index is 1.96. The molecule has 0 aliphatic heterocycles. The summed E-state index contributed by atoms with van der Waals surface area (Å²) in [5.41, 5.74) is 7.67. The SMILES string of the molecule is Nc1n[nH]c(=O)c2c1c(-c1ccc(Br)cc1)nn2C1CCCC(O)C1. The third-order valence-electron chi connectivity index (χ3n) is 4.74. The van der Waals surface area contributed by atoms with Crippen LogP contribution >= 0.6 is 15.9 Å². The first-order chi connectivity index (χ1) is 12.0. The summed E-state index contributed by atoms with van der Waals surface area (Å²) in [4.78, 5) is 12.5. The summed E-state index contributed by atoms with van der Waals surface area (Å²) in [6.45, 7) is 0. The molecule has 0 radical (unpaired) electrons. The minimum atomic E-state index is -0.368. The number of anilines is 1. The number of aromatic nitrogens is 4. The van der Waals surface area contributed by atoms with Crippen molar-refractivity contribution >= 4 is 32.7 Å². The van der Waals surface area contributed by atoms with Crippen LogP contribution < -0.4 is 11.3 Å². The molecular formula is C17H18BrN5O2. The van der Waals surface area contributed by atoms with Crippen molar-refractivity contribution in [3.63, 3.8) is 0 Å². The zero-order valence-electron chi connectivity index (χ0n) is 13.4. The molecule has 3 aromatic rings. The van der Waals surface area contributed by atoms with Gasteiger partial charge in [0.15, 0.2) is 5.82 Å². The van der Waals surface area contributed by atoms with Crippen LogP contribution in [0.1, 0.15) is 31.7 Å². The topological polar surface area (TPSA) is 110 Å². The van der Waals surface area contributed by atoms with E-state index < -0.39 is 0 Å². The van der Waals surface area contributed by atoms with Crippen molar-refractivity contribution in [1.82, 2.24) is 20.0 Å². The van der Waals surface area contributed by atoms with E-state index in [1.165, 1.54) is 0 Å². The average molecular weight is 404 g/mol. The summed E-state index contributed by atoms with van der Waals surface area (Å²) in [5, 5.41) is 21.7. The first-order valence-corrected chi connectivity index (χ1v) is 9.04. The number of nitrogens with two attached hydrogens (primary N) is 1. The predicted octanol–water partition coefficient (Wildman–Crippen LogP) is 2.61. The van der Waals surface area contributed by atoms with Gasteiger partial charge in [-0.05, 0) is 37.8 Å². The maximum Gasteiger partial charge on any atom is 0.290 e. The van der Waals surface area contributed by atoms with Crippen LogP contribution in [0, 0.1) is 0 Å². The normalized spacial score (nSPS) is 20.9. The molecule has 25 heavy (non-hydrogen) atoms. The Labute approximate surface area is 152 Å². The van der Waals surface area contributed by atoms with E-state index in [1.807, 2.05) is 24.3 Å². The Morgan fingerprint density at radius 1 is 1.28 bits per heavy atom. The van der Waals surface area contributed by atoms with Crippen LogP contribution in [0.3, 0.4) is 0 Å². The van der Waals surface area contributed by atoms with Gasteiger partial charge in [0.2, 0.25) is 0 Å². The second kappa shape index (κ2) is 6.27. The van der Waals surface area contributed by atoms with Crippen molar-refractivity contribution in [2.75, 3.05) is 5.73 Å². The van der Waals surface area contributed by atoms with E-state index in [-0.39, 0.29) is 23.5 Å². The van der Waals surface area contributed by atoms with Crippen molar-refractivity contribution in [2.24, 2.45) is 0 Å². The van der Waals surface area contributed by atoms with Crippen molar-refractivity contribution in [1.29, 1.82) is 0 Å². The maximum absolute atomic E-state index is 12.5. The quantitative estimate of drug-likeness (QED) is 0.608. The minimum absolute atomic E-state index is 0.0293. The van der Waals surface area contributed by atoms with Crippen LogP contribution in [-0.2, 0) is 0 Å². The summed E-state index contributed by atoms with van der Waals surface area (Å²) >= 11 is 3.42. The number of hydrogen-bond donors (Lipinski definition) is 3. The molecule has 0 amide bonds. The van der Waals surface area contributed by atoms with Gasteiger partial charge >= 0.3 is 0 Å². The molecule has 1 fully saturated rings. The van der Waals surface area contributed by atoms with Crippen LogP contribution in [-0.4, -0.2) is 31.2 Å². The van der Waals surface area contributed by atoms with E-state index in [0.717, 1.165) is 29.3 Å². The molecule has 2 unspecified atom stereocenters. The third-order valence-corrected chi connectivity index (χ3v) is 5.27. The number of aromatic amines is 1. The molecule has 4 rings (SSSR count). The molecule has 1 saturated carbocycles. The Bertz CT molecular complexity index is 979. The number of nitrogen functional groups attached to an aromatic ring is 1. The predicted molar refractivity (Wildman–Crippen MR) is 99.2 cm³/mol. The molecule has 0 saturated heterocycles. The molecule has 1 aromatic carbocycles. The van der Waals surface area contributed by atoms with Crippen LogP contribution in [0.4, 0.5) is 5.82 Å². The highest BCUT2D eigenvalue weighted by atomic mass is 79.9. The fourth-order valence-electron chi connectivity index (χ4n) is 3.55.